The molecular weight excluding hydrogens is 342 g/mol. The number of nitrogens with zero attached hydrogens (tertiary/aromatic N) is 4. The smallest absolute Gasteiger partial charge is 0.272 e. The molecule has 0 aliphatic rings. The molecule has 3 aromatic rings. The average Bonchev–Trinajstić information content (AvgIpc) is 3.22. The topological polar surface area (TPSA) is 81.8 Å². The third kappa shape index (κ3) is 4.49. The Kier molecular flexibility index (Phi) is 5.80. The molecule has 7 heteroatoms. The number of carbonyl (C=O) groups is 1. The molecule has 2 heterocycles. The van der Waals surface area contributed by atoms with Gasteiger partial charge in [0.1, 0.15) is 5.69 Å². The standard InChI is InChI=1S/C20H23N5O2/c1-3-4-12-25-19(26)10-9-18(23-25)20(27)22-15(2)16-5-7-17(8-6-16)24-13-11-21-14-24/h5-11,13-15H,3-4,12H2,1-2H3,(H,22,27)/t15-/m1/s1. The van der Waals surface area contributed by atoms with Crippen LogP contribution in [0.3, 0.4) is 0 Å². The molecule has 1 aromatic carbocycles. The van der Waals surface area contributed by atoms with Crippen molar-refractivity contribution < 1.29 is 4.79 Å². The van der Waals surface area contributed by atoms with Crippen LogP contribution in [0, 0.1) is 0 Å². The average molecular weight is 365 g/mol. The molecule has 140 valence electrons. The molecule has 0 fully saturated rings. The minimum Gasteiger partial charge on any atom is -0.344 e. The van der Waals surface area contributed by atoms with Crippen molar-refractivity contribution in [3.63, 3.8) is 0 Å². The minimum atomic E-state index is -0.300. The van der Waals surface area contributed by atoms with Gasteiger partial charge in [-0.3, -0.25) is 9.59 Å². The molecule has 1 amide bonds. The molecule has 0 unspecified atom stereocenters. The Bertz CT molecular complexity index is 945. The van der Waals surface area contributed by atoms with Crippen LogP contribution in [0.4, 0.5) is 0 Å². The van der Waals surface area contributed by atoms with Gasteiger partial charge in [0.2, 0.25) is 0 Å². The lowest BCUT2D eigenvalue weighted by atomic mass is 10.1. The molecule has 0 saturated heterocycles. The van der Waals surface area contributed by atoms with Gasteiger partial charge in [0.05, 0.1) is 12.4 Å². The second-order valence-corrected chi connectivity index (χ2v) is 6.39. The summed E-state index contributed by atoms with van der Waals surface area (Å²) in [5, 5.41) is 7.12. The number of amides is 1. The Morgan fingerprint density at radius 3 is 2.63 bits per heavy atom. The molecule has 0 bridgehead atoms. The number of unbranched alkanes of at least 4 members (excludes halogenated alkanes) is 1. The van der Waals surface area contributed by atoms with Crippen molar-refractivity contribution >= 4 is 5.91 Å². The van der Waals surface area contributed by atoms with E-state index in [1.54, 1.807) is 12.5 Å². The van der Waals surface area contributed by atoms with Crippen LogP contribution in [0.1, 0.15) is 48.8 Å². The first-order chi connectivity index (χ1) is 13.1. The second kappa shape index (κ2) is 8.44. The van der Waals surface area contributed by atoms with Gasteiger partial charge in [0, 0.05) is 30.7 Å². The monoisotopic (exact) mass is 365 g/mol. The van der Waals surface area contributed by atoms with Crippen LogP contribution >= 0.6 is 0 Å². The molecular formula is C20H23N5O2. The van der Waals surface area contributed by atoms with Gasteiger partial charge in [0.15, 0.2) is 0 Å². The van der Waals surface area contributed by atoms with E-state index in [9.17, 15) is 9.59 Å². The predicted molar refractivity (Wildman–Crippen MR) is 103 cm³/mol. The summed E-state index contributed by atoms with van der Waals surface area (Å²) in [6.07, 6.45) is 7.14. The maximum Gasteiger partial charge on any atom is 0.272 e. The van der Waals surface area contributed by atoms with Crippen molar-refractivity contribution in [3.05, 3.63) is 76.7 Å². The van der Waals surface area contributed by atoms with Gasteiger partial charge in [0.25, 0.3) is 11.5 Å². The largest absolute Gasteiger partial charge is 0.344 e. The van der Waals surface area contributed by atoms with E-state index in [0.29, 0.717) is 6.54 Å². The van der Waals surface area contributed by atoms with Crippen LogP contribution in [-0.2, 0) is 6.54 Å². The van der Waals surface area contributed by atoms with Crippen LogP contribution in [0.25, 0.3) is 5.69 Å². The maximum atomic E-state index is 12.5. The van der Waals surface area contributed by atoms with Gasteiger partial charge in [-0.25, -0.2) is 9.67 Å². The predicted octanol–water partition coefficient (Wildman–Crippen LogP) is 2.72. The first kappa shape index (κ1) is 18.6. The van der Waals surface area contributed by atoms with E-state index in [4.69, 9.17) is 0 Å². The SMILES string of the molecule is CCCCn1nc(C(=O)N[C@H](C)c2ccc(-n3ccnc3)cc2)ccc1=O. The van der Waals surface area contributed by atoms with Crippen LogP contribution in [0.15, 0.2) is 59.9 Å². The zero-order valence-corrected chi connectivity index (χ0v) is 15.5. The van der Waals surface area contributed by atoms with Gasteiger partial charge >= 0.3 is 0 Å². The molecule has 0 aliphatic carbocycles. The van der Waals surface area contributed by atoms with Crippen LogP contribution in [0.5, 0.6) is 0 Å². The van der Waals surface area contributed by atoms with E-state index in [0.717, 1.165) is 24.1 Å². The summed E-state index contributed by atoms with van der Waals surface area (Å²) < 4.78 is 3.26. The maximum absolute atomic E-state index is 12.5. The highest BCUT2D eigenvalue weighted by Crippen LogP contribution is 2.16. The molecule has 2 aromatic heterocycles. The highest BCUT2D eigenvalue weighted by Gasteiger charge is 2.14. The summed E-state index contributed by atoms with van der Waals surface area (Å²) in [6.45, 7) is 4.47. The molecule has 1 N–H and O–H groups in total. The lowest BCUT2D eigenvalue weighted by molar-refractivity contribution is 0.0932. The number of hydrogen-bond donors (Lipinski definition) is 1. The van der Waals surface area contributed by atoms with E-state index >= 15 is 0 Å². The van der Waals surface area contributed by atoms with E-state index in [-0.39, 0.29) is 23.2 Å². The van der Waals surface area contributed by atoms with Crippen molar-refractivity contribution in [1.82, 2.24) is 24.6 Å². The molecule has 0 spiro atoms. The number of carbonyl (C=O) groups excluding carboxylic acids is 1. The van der Waals surface area contributed by atoms with Crippen molar-refractivity contribution in [1.29, 1.82) is 0 Å². The number of nitrogens with one attached hydrogen (secondary N) is 1. The van der Waals surface area contributed by atoms with Gasteiger partial charge in [-0.1, -0.05) is 25.5 Å². The highest BCUT2D eigenvalue weighted by atomic mass is 16.2. The Morgan fingerprint density at radius 2 is 1.96 bits per heavy atom. The Hall–Kier alpha value is -3.22. The van der Waals surface area contributed by atoms with Crippen LogP contribution in [-0.4, -0.2) is 25.2 Å². The van der Waals surface area contributed by atoms with Crippen LogP contribution < -0.4 is 10.9 Å². The fourth-order valence-corrected chi connectivity index (χ4v) is 2.74. The summed E-state index contributed by atoms with van der Waals surface area (Å²) in [4.78, 5) is 28.4. The number of benzene rings is 1. The lowest BCUT2D eigenvalue weighted by Crippen LogP contribution is -2.31. The molecule has 7 nitrogen and oxygen atoms in total. The Labute approximate surface area is 157 Å². The number of rotatable bonds is 7. The van der Waals surface area contributed by atoms with E-state index in [1.807, 2.05) is 48.9 Å². The van der Waals surface area contributed by atoms with Crippen molar-refractivity contribution in [2.45, 2.75) is 39.3 Å². The van der Waals surface area contributed by atoms with Crippen molar-refractivity contribution in [2.24, 2.45) is 0 Å². The summed E-state index contributed by atoms with van der Waals surface area (Å²) in [5.41, 5.74) is 2.03. The summed E-state index contributed by atoms with van der Waals surface area (Å²) in [5.74, 6) is -0.300. The Balaban J connectivity index is 1.69. The molecule has 1 atom stereocenters. The molecule has 0 saturated carbocycles. The lowest BCUT2D eigenvalue weighted by Gasteiger charge is -2.15. The number of aryl methyl sites for hydroxylation is 1. The van der Waals surface area contributed by atoms with Gasteiger partial charge in [-0.05, 0) is 37.1 Å². The second-order valence-electron chi connectivity index (χ2n) is 6.39. The third-order valence-corrected chi connectivity index (χ3v) is 4.37. The first-order valence-corrected chi connectivity index (χ1v) is 9.06. The fraction of sp³-hybridized carbons (Fsp3) is 0.300. The van der Waals surface area contributed by atoms with E-state index in [2.05, 4.69) is 15.4 Å². The molecule has 3 rings (SSSR count). The minimum absolute atomic E-state index is 0.188. The fourth-order valence-electron chi connectivity index (χ4n) is 2.74. The van der Waals surface area contributed by atoms with Crippen LogP contribution in [0.2, 0.25) is 0 Å². The van der Waals surface area contributed by atoms with Crippen molar-refractivity contribution in [2.75, 3.05) is 0 Å². The third-order valence-electron chi connectivity index (χ3n) is 4.37. The first-order valence-electron chi connectivity index (χ1n) is 9.06. The zero-order chi connectivity index (χ0) is 19.2. The summed E-state index contributed by atoms with van der Waals surface area (Å²) in [6, 6.07) is 10.6. The molecule has 27 heavy (non-hydrogen) atoms. The molecule has 0 aliphatic heterocycles. The van der Waals surface area contributed by atoms with Crippen molar-refractivity contribution in [3.8, 4) is 5.69 Å². The number of hydrogen-bond acceptors (Lipinski definition) is 4. The zero-order valence-electron chi connectivity index (χ0n) is 15.5. The van der Waals surface area contributed by atoms with Gasteiger partial charge in [-0.2, -0.15) is 5.10 Å². The van der Waals surface area contributed by atoms with E-state index in [1.165, 1.54) is 16.8 Å². The number of aromatic nitrogens is 4. The quantitative estimate of drug-likeness (QED) is 0.698. The normalized spacial score (nSPS) is 11.9. The number of imidazole rings is 1. The summed E-state index contributed by atoms with van der Waals surface area (Å²) in [7, 11) is 0. The highest BCUT2D eigenvalue weighted by molar-refractivity contribution is 5.92. The van der Waals surface area contributed by atoms with Gasteiger partial charge < -0.3 is 9.88 Å². The molecule has 0 radical (unpaired) electrons. The van der Waals surface area contributed by atoms with E-state index < -0.39 is 0 Å². The summed E-state index contributed by atoms with van der Waals surface area (Å²) >= 11 is 0. The van der Waals surface area contributed by atoms with Gasteiger partial charge in [-0.15, -0.1) is 0 Å². The Morgan fingerprint density at radius 1 is 1.19 bits per heavy atom.